The van der Waals surface area contributed by atoms with E-state index in [9.17, 15) is 5.41 Å². The Kier molecular flexibility index (Phi) is 6.96. The molecule has 0 fully saturated rings. The minimum Gasteiger partial charge on any atom is -0.349 e. The Labute approximate surface area is 216 Å². The largest absolute Gasteiger partial charge is 0.349 e. The van der Waals surface area contributed by atoms with Crippen molar-refractivity contribution in [2.75, 3.05) is 0 Å². The average Bonchev–Trinajstić information content (AvgIpc) is 2.87. The second kappa shape index (κ2) is 10.3. The topological polar surface area (TPSA) is 27.1 Å². The molecule has 1 N–H and O–H groups in total. The number of rotatable bonds is 6. The molecule has 0 aliphatic carbocycles. The number of fused-ring (bicyclic) bond motifs is 2. The van der Waals surface area contributed by atoms with Crippen LogP contribution < -0.4 is 0 Å². The van der Waals surface area contributed by atoms with Crippen molar-refractivity contribution >= 4 is 16.6 Å². The molecule has 0 saturated carbocycles. The molecule has 1 unspecified atom stereocenters. The van der Waals surface area contributed by atoms with Crippen LogP contribution in [0.1, 0.15) is 61.4 Å². The van der Waals surface area contributed by atoms with Gasteiger partial charge in [0.2, 0.25) is 0 Å². The molecule has 4 aromatic carbocycles. The molecule has 2 heteroatoms. The fourth-order valence-electron chi connectivity index (χ4n) is 5.67. The number of hydrogen-bond donors (Lipinski definition) is 1. The number of benzene rings is 4. The standard InChI is InChI=1S/C34H38N2/c1-34(2,3)23-26-20-18-25(19-21-26)10-8-15-30-22-28-12-4-5-13-29(28)24-36(30)33(35)32-17-9-14-27-11-6-7-16-31(27)32/h4-7,9,11-14,16-21,30,35H,8,10,15,22-24H2,1-3H3. The second-order valence-electron chi connectivity index (χ2n) is 11.6. The zero-order chi connectivity index (χ0) is 25.1. The van der Waals surface area contributed by atoms with Gasteiger partial charge in [-0.15, -0.1) is 0 Å². The molecule has 1 aliphatic rings. The summed E-state index contributed by atoms with van der Waals surface area (Å²) < 4.78 is 0. The van der Waals surface area contributed by atoms with E-state index in [0.717, 1.165) is 49.6 Å². The van der Waals surface area contributed by atoms with E-state index in [1.807, 2.05) is 0 Å². The lowest BCUT2D eigenvalue weighted by Crippen LogP contribution is -2.44. The quantitative estimate of drug-likeness (QED) is 0.221. The molecule has 5 rings (SSSR count). The number of nitrogens with zero attached hydrogens (tertiary/aromatic N) is 1. The fourth-order valence-corrected chi connectivity index (χ4v) is 5.67. The molecule has 0 aromatic heterocycles. The SMILES string of the molecule is CC(C)(C)Cc1ccc(CCCC2Cc3ccccc3CN2C(=N)c2cccc3ccccc23)cc1. The molecule has 0 bridgehead atoms. The van der Waals surface area contributed by atoms with E-state index in [1.165, 1.54) is 27.6 Å². The van der Waals surface area contributed by atoms with Crippen LogP contribution in [-0.4, -0.2) is 16.8 Å². The molecular weight excluding hydrogens is 436 g/mol. The van der Waals surface area contributed by atoms with Gasteiger partial charge in [-0.2, -0.15) is 0 Å². The summed E-state index contributed by atoms with van der Waals surface area (Å²) in [6.07, 6.45) is 5.42. The van der Waals surface area contributed by atoms with Gasteiger partial charge in [-0.3, -0.25) is 5.41 Å². The summed E-state index contributed by atoms with van der Waals surface area (Å²) in [5, 5.41) is 11.7. The second-order valence-corrected chi connectivity index (χ2v) is 11.6. The third-order valence-electron chi connectivity index (χ3n) is 7.45. The molecule has 0 saturated heterocycles. The van der Waals surface area contributed by atoms with E-state index < -0.39 is 0 Å². The van der Waals surface area contributed by atoms with E-state index in [-0.39, 0.29) is 0 Å². The van der Waals surface area contributed by atoms with Gasteiger partial charge in [0.05, 0.1) is 0 Å². The Morgan fingerprint density at radius 3 is 2.25 bits per heavy atom. The van der Waals surface area contributed by atoms with Crippen LogP contribution in [0.4, 0.5) is 0 Å². The van der Waals surface area contributed by atoms with E-state index in [2.05, 4.69) is 117 Å². The molecule has 36 heavy (non-hydrogen) atoms. The first kappa shape index (κ1) is 24.3. The van der Waals surface area contributed by atoms with Gasteiger partial charge in [-0.05, 0) is 70.5 Å². The van der Waals surface area contributed by atoms with Crippen LogP contribution in [-0.2, 0) is 25.8 Å². The number of hydrogen-bond acceptors (Lipinski definition) is 1. The molecule has 1 atom stereocenters. The summed E-state index contributed by atoms with van der Waals surface area (Å²) in [6.45, 7) is 7.70. The van der Waals surface area contributed by atoms with Gasteiger partial charge in [0, 0.05) is 18.2 Å². The van der Waals surface area contributed by atoms with Crippen LogP contribution in [0.15, 0.2) is 91.0 Å². The van der Waals surface area contributed by atoms with Crippen molar-refractivity contribution in [1.82, 2.24) is 4.90 Å². The van der Waals surface area contributed by atoms with Crippen LogP contribution in [0.2, 0.25) is 0 Å². The van der Waals surface area contributed by atoms with Gasteiger partial charge in [0.25, 0.3) is 0 Å². The van der Waals surface area contributed by atoms with Crippen molar-refractivity contribution in [2.24, 2.45) is 5.41 Å². The highest BCUT2D eigenvalue weighted by Gasteiger charge is 2.28. The molecule has 0 spiro atoms. The van der Waals surface area contributed by atoms with Crippen molar-refractivity contribution < 1.29 is 0 Å². The van der Waals surface area contributed by atoms with Gasteiger partial charge in [0.1, 0.15) is 5.84 Å². The average molecular weight is 475 g/mol. The van der Waals surface area contributed by atoms with Gasteiger partial charge in [-0.25, -0.2) is 0 Å². The zero-order valence-corrected chi connectivity index (χ0v) is 21.9. The predicted molar refractivity (Wildman–Crippen MR) is 153 cm³/mol. The molecule has 0 radical (unpaired) electrons. The molecule has 2 nitrogen and oxygen atoms in total. The van der Waals surface area contributed by atoms with Gasteiger partial charge >= 0.3 is 0 Å². The van der Waals surface area contributed by atoms with Crippen molar-refractivity contribution in [3.05, 3.63) is 119 Å². The Morgan fingerprint density at radius 2 is 1.47 bits per heavy atom. The first-order valence-corrected chi connectivity index (χ1v) is 13.4. The summed E-state index contributed by atoms with van der Waals surface area (Å²) >= 11 is 0. The lowest BCUT2D eigenvalue weighted by atomic mass is 9.87. The summed E-state index contributed by atoms with van der Waals surface area (Å²) in [6, 6.07) is 33.1. The Hall–Kier alpha value is -3.39. The maximum absolute atomic E-state index is 9.30. The summed E-state index contributed by atoms with van der Waals surface area (Å²) in [5.74, 6) is 0.651. The maximum Gasteiger partial charge on any atom is 0.129 e. The fraction of sp³-hybridized carbons (Fsp3) is 0.324. The van der Waals surface area contributed by atoms with Gasteiger partial charge < -0.3 is 4.90 Å². The van der Waals surface area contributed by atoms with Crippen molar-refractivity contribution in [1.29, 1.82) is 5.41 Å². The normalized spacial score (nSPS) is 15.6. The zero-order valence-electron chi connectivity index (χ0n) is 21.9. The van der Waals surface area contributed by atoms with Crippen molar-refractivity contribution in [3.63, 3.8) is 0 Å². The predicted octanol–water partition coefficient (Wildman–Crippen LogP) is 8.20. The van der Waals surface area contributed by atoms with E-state index >= 15 is 0 Å². The summed E-state index contributed by atoms with van der Waals surface area (Å²) in [7, 11) is 0. The van der Waals surface area contributed by atoms with E-state index in [4.69, 9.17) is 0 Å². The van der Waals surface area contributed by atoms with Crippen LogP contribution in [0.5, 0.6) is 0 Å². The van der Waals surface area contributed by atoms with Crippen molar-refractivity contribution in [3.8, 4) is 0 Å². The van der Waals surface area contributed by atoms with Crippen molar-refractivity contribution in [2.45, 2.75) is 65.5 Å². The summed E-state index contributed by atoms with van der Waals surface area (Å²) in [5.41, 5.74) is 6.98. The third kappa shape index (κ3) is 5.54. The lowest BCUT2D eigenvalue weighted by Gasteiger charge is -2.39. The van der Waals surface area contributed by atoms with E-state index in [1.54, 1.807) is 0 Å². The molecular formula is C34H38N2. The lowest BCUT2D eigenvalue weighted by molar-refractivity contribution is 0.262. The van der Waals surface area contributed by atoms with E-state index in [0.29, 0.717) is 17.3 Å². The molecule has 1 heterocycles. The Bertz CT molecular complexity index is 1340. The smallest absolute Gasteiger partial charge is 0.129 e. The van der Waals surface area contributed by atoms with Gasteiger partial charge in [-0.1, -0.05) is 112 Å². The Morgan fingerprint density at radius 1 is 0.806 bits per heavy atom. The minimum absolute atomic E-state index is 0.316. The maximum atomic E-state index is 9.30. The Balaban J connectivity index is 1.33. The molecule has 184 valence electrons. The molecule has 4 aromatic rings. The number of nitrogens with one attached hydrogen (secondary N) is 1. The highest BCUT2D eigenvalue weighted by atomic mass is 15.2. The van der Waals surface area contributed by atoms with Crippen LogP contribution in [0.25, 0.3) is 10.8 Å². The number of amidine groups is 1. The van der Waals surface area contributed by atoms with Crippen LogP contribution in [0, 0.1) is 10.8 Å². The van der Waals surface area contributed by atoms with Gasteiger partial charge in [0.15, 0.2) is 0 Å². The third-order valence-corrected chi connectivity index (χ3v) is 7.45. The molecule has 1 aliphatic heterocycles. The molecule has 0 amide bonds. The van der Waals surface area contributed by atoms with Crippen LogP contribution >= 0.6 is 0 Å². The minimum atomic E-state index is 0.316. The van der Waals surface area contributed by atoms with Crippen LogP contribution in [0.3, 0.4) is 0 Å². The summed E-state index contributed by atoms with van der Waals surface area (Å²) in [4.78, 5) is 2.36. The first-order valence-electron chi connectivity index (χ1n) is 13.4. The highest BCUT2D eigenvalue weighted by molar-refractivity contribution is 6.08. The first-order chi connectivity index (χ1) is 17.4. The highest BCUT2D eigenvalue weighted by Crippen LogP contribution is 2.30. The number of aryl methyl sites for hydroxylation is 1. The monoisotopic (exact) mass is 474 g/mol.